The van der Waals surface area contributed by atoms with Gasteiger partial charge < -0.3 is 5.32 Å². The van der Waals surface area contributed by atoms with E-state index >= 15 is 0 Å². The molecule has 0 saturated heterocycles. The predicted molar refractivity (Wildman–Crippen MR) is 76.3 cm³/mol. The Hall–Kier alpha value is -0.570. The summed E-state index contributed by atoms with van der Waals surface area (Å²) >= 11 is 3.22. The van der Waals surface area contributed by atoms with Crippen molar-refractivity contribution in [2.24, 2.45) is 17.8 Å². The van der Waals surface area contributed by atoms with E-state index in [0.29, 0.717) is 4.47 Å². The number of anilines is 1. The van der Waals surface area contributed by atoms with Crippen molar-refractivity contribution in [3.8, 4) is 0 Å². The molecule has 0 spiro atoms. The molecule has 2 saturated carbocycles. The molecule has 0 aliphatic heterocycles. The molecule has 1 aromatic rings. The fraction of sp³-hybridized carbons (Fsp3) is 0.600. The van der Waals surface area contributed by atoms with Gasteiger partial charge in [-0.05, 0) is 77.6 Å². The van der Waals surface area contributed by atoms with Crippen molar-refractivity contribution < 1.29 is 4.39 Å². The highest BCUT2D eigenvalue weighted by Gasteiger charge is 2.39. The molecule has 0 aromatic heterocycles. The average Bonchev–Trinajstić information content (AvgIpc) is 2.94. The smallest absolute Gasteiger partial charge is 0.139 e. The zero-order valence-corrected chi connectivity index (χ0v) is 12.3. The highest BCUT2D eigenvalue weighted by Crippen LogP contribution is 2.48. The van der Waals surface area contributed by atoms with Gasteiger partial charge in [0.1, 0.15) is 5.82 Å². The largest absolute Gasteiger partial charge is 0.384 e. The van der Waals surface area contributed by atoms with Gasteiger partial charge in [0.25, 0.3) is 0 Å². The lowest BCUT2D eigenvalue weighted by molar-refractivity contribution is 0.348. The number of hydrogen-bond acceptors (Lipinski definition) is 1. The first-order valence-electron chi connectivity index (χ1n) is 6.83. The van der Waals surface area contributed by atoms with E-state index in [0.717, 1.165) is 35.5 Å². The molecule has 3 heteroatoms. The fourth-order valence-corrected chi connectivity index (χ4v) is 4.16. The van der Waals surface area contributed by atoms with Crippen LogP contribution in [0.15, 0.2) is 16.6 Å². The molecule has 3 unspecified atom stereocenters. The monoisotopic (exact) mass is 311 g/mol. The summed E-state index contributed by atoms with van der Waals surface area (Å²) in [7, 11) is 0. The second-order valence-corrected chi connectivity index (χ2v) is 6.75. The maximum absolute atomic E-state index is 13.5. The number of fused-ring (bicyclic) bond motifs is 2. The van der Waals surface area contributed by atoms with Crippen molar-refractivity contribution in [3.05, 3.63) is 28.0 Å². The van der Waals surface area contributed by atoms with Gasteiger partial charge in [-0.25, -0.2) is 4.39 Å². The molecule has 3 atom stereocenters. The van der Waals surface area contributed by atoms with Crippen molar-refractivity contribution in [1.82, 2.24) is 0 Å². The number of halogens is 2. The molecule has 1 nitrogen and oxygen atoms in total. The van der Waals surface area contributed by atoms with E-state index in [1.807, 2.05) is 13.0 Å². The van der Waals surface area contributed by atoms with Gasteiger partial charge in [0.15, 0.2) is 0 Å². The van der Waals surface area contributed by atoms with Gasteiger partial charge in [0.05, 0.1) is 4.47 Å². The summed E-state index contributed by atoms with van der Waals surface area (Å²) in [5.41, 5.74) is 2.05. The molecule has 98 valence electrons. The lowest BCUT2D eigenvalue weighted by atomic mass is 9.89. The van der Waals surface area contributed by atoms with E-state index in [4.69, 9.17) is 0 Å². The summed E-state index contributed by atoms with van der Waals surface area (Å²) in [5, 5.41) is 3.45. The Morgan fingerprint density at radius 1 is 1.33 bits per heavy atom. The maximum Gasteiger partial charge on any atom is 0.139 e. The van der Waals surface area contributed by atoms with Gasteiger partial charge in [-0.3, -0.25) is 0 Å². The van der Waals surface area contributed by atoms with Gasteiger partial charge in [-0.15, -0.1) is 0 Å². The summed E-state index contributed by atoms with van der Waals surface area (Å²) in [4.78, 5) is 0. The fourth-order valence-electron chi connectivity index (χ4n) is 3.70. The molecule has 3 rings (SSSR count). The molecular weight excluding hydrogens is 293 g/mol. The minimum atomic E-state index is -0.184. The van der Waals surface area contributed by atoms with Crippen LogP contribution < -0.4 is 5.32 Å². The Bertz CT molecular complexity index is 460. The van der Waals surface area contributed by atoms with Gasteiger partial charge in [0, 0.05) is 12.2 Å². The number of hydrogen-bond donors (Lipinski definition) is 1. The lowest BCUT2D eigenvalue weighted by Gasteiger charge is -2.23. The molecule has 18 heavy (non-hydrogen) atoms. The van der Waals surface area contributed by atoms with Gasteiger partial charge in [0.2, 0.25) is 0 Å². The Labute approximate surface area is 116 Å². The molecule has 1 N–H and O–H groups in total. The molecule has 2 aliphatic rings. The summed E-state index contributed by atoms with van der Waals surface area (Å²) in [6.45, 7) is 3.02. The third kappa shape index (κ3) is 2.29. The highest BCUT2D eigenvalue weighted by molar-refractivity contribution is 9.10. The topological polar surface area (TPSA) is 12.0 Å². The zero-order valence-electron chi connectivity index (χ0n) is 10.7. The standard InChI is InChI=1S/C15H19BrFN/c1-9-4-13(16)14(17)7-15(9)18-8-12-6-10-2-3-11(12)5-10/h4,7,10-12,18H,2-3,5-6,8H2,1H3. The van der Waals surface area contributed by atoms with Crippen molar-refractivity contribution in [2.45, 2.75) is 32.6 Å². The Morgan fingerprint density at radius 2 is 2.17 bits per heavy atom. The van der Waals surface area contributed by atoms with Crippen molar-refractivity contribution in [1.29, 1.82) is 0 Å². The first kappa shape index (κ1) is 12.5. The molecule has 2 aliphatic carbocycles. The van der Waals surface area contributed by atoms with Crippen LogP contribution in [0.5, 0.6) is 0 Å². The first-order valence-corrected chi connectivity index (χ1v) is 7.62. The quantitative estimate of drug-likeness (QED) is 0.849. The number of benzene rings is 1. The predicted octanol–water partition coefficient (Wildman–Crippen LogP) is 4.74. The van der Waals surface area contributed by atoms with E-state index in [1.165, 1.54) is 25.7 Å². The minimum absolute atomic E-state index is 0.184. The molecule has 0 heterocycles. The van der Waals surface area contributed by atoms with Gasteiger partial charge in [-0.2, -0.15) is 0 Å². The zero-order chi connectivity index (χ0) is 12.7. The van der Waals surface area contributed by atoms with Crippen LogP contribution in [0.3, 0.4) is 0 Å². The van der Waals surface area contributed by atoms with Crippen LogP contribution in [-0.2, 0) is 0 Å². The Balaban J connectivity index is 1.65. The summed E-state index contributed by atoms with van der Waals surface area (Å²) in [5.74, 6) is 2.51. The number of rotatable bonds is 3. The van der Waals surface area contributed by atoms with Crippen LogP contribution in [-0.4, -0.2) is 6.54 Å². The van der Waals surface area contributed by atoms with Crippen LogP contribution in [0.1, 0.15) is 31.2 Å². The average molecular weight is 312 g/mol. The van der Waals surface area contributed by atoms with Crippen LogP contribution in [0.2, 0.25) is 0 Å². The van der Waals surface area contributed by atoms with Crippen molar-refractivity contribution >= 4 is 21.6 Å². The maximum atomic E-state index is 13.5. The first-order chi connectivity index (χ1) is 8.63. The van der Waals surface area contributed by atoms with Gasteiger partial charge in [-0.1, -0.05) is 6.42 Å². The minimum Gasteiger partial charge on any atom is -0.384 e. The molecule has 2 bridgehead atoms. The van der Waals surface area contributed by atoms with Crippen molar-refractivity contribution in [2.75, 3.05) is 11.9 Å². The molecule has 0 radical (unpaired) electrons. The molecular formula is C15H19BrFN. The van der Waals surface area contributed by atoms with Crippen LogP contribution >= 0.6 is 15.9 Å². The Morgan fingerprint density at radius 3 is 2.83 bits per heavy atom. The van der Waals surface area contributed by atoms with Crippen molar-refractivity contribution in [3.63, 3.8) is 0 Å². The third-order valence-corrected chi connectivity index (χ3v) is 5.31. The second-order valence-electron chi connectivity index (χ2n) is 5.90. The van der Waals surface area contributed by atoms with E-state index < -0.39 is 0 Å². The van der Waals surface area contributed by atoms with E-state index in [1.54, 1.807) is 6.07 Å². The highest BCUT2D eigenvalue weighted by atomic mass is 79.9. The van der Waals surface area contributed by atoms with Crippen LogP contribution in [0, 0.1) is 30.5 Å². The van der Waals surface area contributed by atoms with E-state index in [2.05, 4.69) is 21.2 Å². The number of nitrogens with one attached hydrogen (secondary N) is 1. The third-order valence-electron chi connectivity index (χ3n) is 4.71. The SMILES string of the molecule is Cc1cc(Br)c(F)cc1NCC1CC2CCC1C2. The van der Waals surface area contributed by atoms with E-state index in [-0.39, 0.29) is 5.82 Å². The lowest BCUT2D eigenvalue weighted by Crippen LogP contribution is -2.20. The molecule has 2 fully saturated rings. The van der Waals surface area contributed by atoms with Crippen LogP contribution in [0.4, 0.5) is 10.1 Å². The van der Waals surface area contributed by atoms with Crippen LogP contribution in [0.25, 0.3) is 0 Å². The summed E-state index contributed by atoms with van der Waals surface area (Å²) in [6, 6.07) is 3.45. The second kappa shape index (κ2) is 4.84. The Kier molecular flexibility index (Phi) is 3.35. The number of aryl methyl sites for hydroxylation is 1. The summed E-state index contributed by atoms with van der Waals surface area (Å²) < 4.78 is 14.1. The van der Waals surface area contributed by atoms with E-state index in [9.17, 15) is 4.39 Å². The normalized spacial score (nSPS) is 29.8. The van der Waals surface area contributed by atoms with Gasteiger partial charge >= 0.3 is 0 Å². The molecule has 0 amide bonds. The summed E-state index contributed by atoms with van der Waals surface area (Å²) in [6.07, 6.45) is 5.65. The molecule has 1 aromatic carbocycles.